The number of nitrogens with zero attached hydrogens (tertiary/aromatic N) is 2. The van der Waals surface area contributed by atoms with E-state index in [1.807, 2.05) is 13.0 Å². The zero-order valence-electron chi connectivity index (χ0n) is 11.1. The third-order valence-corrected chi connectivity index (χ3v) is 3.70. The second-order valence-electron chi connectivity index (χ2n) is 5.35. The van der Waals surface area contributed by atoms with E-state index in [0.29, 0.717) is 5.89 Å². The summed E-state index contributed by atoms with van der Waals surface area (Å²) in [5.74, 6) is 0.704. The number of oxazole rings is 1. The zero-order valence-corrected chi connectivity index (χ0v) is 11.1. The van der Waals surface area contributed by atoms with Crippen LogP contribution in [0.5, 0.6) is 0 Å². The Labute approximate surface area is 112 Å². The highest BCUT2D eigenvalue weighted by molar-refractivity contribution is 5.73. The Balaban J connectivity index is 1.55. The van der Waals surface area contributed by atoms with Crippen molar-refractivity contribution < 1.29 is 4.42 Å². The smallest absolute Gasteiger partial charge is 0.192 e. The average Bonchev–Trinajstić information content (AvgIpc) is 3.09. The van der Waals surface area contributed by atoms with Gasteiger partial charge < -0.3 is 9.73 Å². The van der Waals surface area contributed by atoms with Gasteiger partial charge in [-0.15, -0.1) is 0 Å². The summed E-state index contributed by atoms with van der Waals surface area (Å²) < 4.78 is 5.45. The topological polar surface area (TPSA) is 61.9 Å². The van der Waals surface area contributed by atoms with Crippen LogP contribution >= 0.6 is 0 Å². The predicted molar refractivity (Wildman–Crippen MR) is 72.6 cm³/mol. The van der Waals surface area contributed by atoms with Gasteiger partial charge in [-0.05, 0) is 43.5 Å². The van der Waals surface area contributed by atoms with Gasteiger partial charge in [-0.2, -0.15) is 5.26 Å². The van der Waals surface area contributed by atoms with Crippen LogP contribution in [-0.2, 0) is 6.42 Å². The molecule has 1 aromatic carbocycles. The number of fused-ring (bicyclic) bond motifs is 1. The van der Waals surface area contributed by atoms with E-state index in [0.717, 1.165) is 43.5 Å². The number of benzene rings is 1. The first-order valence-corrected chi connectivity index (χ1v) is 6.69. The second kappa shape index (κ2) is 4.67. The van der Waals surface area contributed by atoms with Crippen LogP contribution in [-0.4, -0.2) is 18.1 Å². The average molecular weight is 255 g/mol. The maximum atomic E-state index is 8.98. The first-order chi connectivity index (χ1) is 9.21. The molecular weight excluding hydrogens is 238 g/mol. The van der Waals surface area contributed by atoms with Crippen LogP contribution in [0.3, 0.4) is 0 Å². The van der Waals surface area contributed by atoms with Gasteiger partial charge in [0, 0.05) is 13.5 Å². The van der Waals surface area contributed by atoms with Crippen LogP contribution in [0, 0.1) is 23.7 Å². The summed E-state index contributed by atoms with van der Waals surface area (Å²) in [5.41, 5.74) is 2.95. The number of aryl methyl sites for hydroxylation is 1. The molecule has 2 aromatic rings. The van der Waals surface area contributed by atoms with E-state index >= 15 is 0 Å². The van der Waals surface area contributed by atoms with Gasteiger partial charge in [0.2, 0.25) is 0 Å². The molecule has 1 aliphatic carbocycles. The fourth-order valence-electron chi connectivity index (χ4n) is 2.28. The molecule has 0 amide bonds. The highest BCUT2D eigenvalue weighted by Gasteiger charge is 2.42. The standard InChI is InChI=1S/C15H17N3O/c1-11-18-13-8-12(2-3-14(13)19-11)4-7-17-10-15(9-16)5-6-15/h2-3,8,17H,4-7,10H2,1H3. The zero-order chi connectivity index (χ0) is 13.3. The molecule has 1 N–H and O–H groups in total. The van der Waals surface area contributed by atoms with E-state index < -0.39 is 0 Å². The van der Waals surface area contributed by atoms with Gasteiger partial charge in [-0.3, -0.25) is 0 Å². The van der Waals surface area contributed by atoms with Crippen LogP contribution < -0.4 is 5.32 Å². The number of nitriles is 1. The van der Waals surface area contributed by atoms with Crippen LogP contribution in [0.4, 0.5) is 0 Å². The second-order valence-corrected chi connectivity index (χ2v) is 5.35. The molecule has 1 aromatic heterocycles. The molecule has 0 bridgehead atoms. The highest BCUT2D eigenvalue weighted by atomic mass is 16.3. The monoisotopic (exact) mass is 255 g/mol. The minimum atomic E-state index is -0.0623. The van der Waals surface area contributed by atoms with Crippen molar-refractivity contribution in [3.05, 3.63) is 29.7 Å². The Morgan fingerprint density at radius 2 is 2.32 bits per heavy atom. The molecule has 3 rings (SSSR count). The van der Waals surface area contributed by atoms with Gasteiger partial charge in [0.25, 0.3) is 0 Å². The Morgan fingerprint density at radius 3 is 3.05 bits per heavy atom. The lowest BCUT2D eigenvalue weighted by molar-refractivity contribution is 0.559. The molecular formula is C15H17N3O. The predicted octanol–water partition coefficient (Wildman–Crippen LogP) is 2.57. The molecule has 4 heteroatoms. The fraction of sp³-hybridized carbons (Fsp3) is 0.467. The minimum absolute atomic E-state index is 0.0623. The van der Waals surface area contributed by atoms with Crippen LogP contribution in [0.1, 0.15) is 24.3 Å². The van der Waals surface area contributed by atoms with Gasteiger partial charge in [0.05, 0.1) is 11.5 Å². The van der Waals surface area contributed by atoms with Crippen molar-refractivity contribution in [2.24, 2.45) is 5.41 Å². The fourth-order valence-corrected chi connectivity index (χ4v) is 2.28. The van der Waals surface area contributed by atoms with Crippen LogP contribution in [0.15, 0.2) is 22.6 Å². The van der Waals surface area contributed by atoms with E-state index in [1.165, 1.54) is 5.56 Å². The van der Waals surface area contributed by atoms with E-state index in [-0.39, 0.29) is 5.41 Å². The van der Waals surface area contributed by atoms with Gasteiger partial charge in [-0.25, -0.2) is 4.98 Å². The van der Waals surface area contributed by atoms with Crippen molar-refractivity contribution in [2.45, 2.75) is 26.2 Å². The number of hydrogen-bond donors (Lipinski definition) is 1. The molecule has 0 aliphatic heterocycles. The molecule has 19 heavy (non-hydrogen) atoms. The summed E-state index contributed by atoms with van der Waals surface area (Å²) in [6, 6.07) is 8.52. The van der Waals surface area contributed by atoms with Gasteiger partial charge in [0.15, 0.2) is 11.5 Å². The molecule has 0 radical (unpaired) electrons. The number of aromatic nitrogens is 1. The molecule has 1 fully saturated rings. The summed E-state index contributed by atoms with van der Waals surface area (Å²) in [7, 11) is 0. The van der Waals surface area contributed by atoms with E-state index in [1.54, 1.807) is 0 Å². The Morgan fingerprint density at radius 1 is 1.47 bits per heavy atom. The van der Waals surface area contributed by atoms with Crippen LogP contribution in [0.25, 0.3) is 11.1 Å². The quantitative estimate of drug-likeness (QED) is 0.834. The van der Waals surface area contributed by atoms with Crippen molar-refractivity contribution in [3.63, 3.8) is 0 Å². The van der Waals surface area contributed by atoms with Crippen molar-refractivity contribution in [1.29, 1.82) is 5.26 Å². The molecule has 98 valence electrons. The van der Waals surface area contributed by atoms with E-state index in [2.05, 4.69) is 28.5 Å². The lowest BCUT2D eigenvalue weighted by atomic mass is 10.1. The Kier molecular flexibility index (Phi) is 3.00. The van der Waals surface area contributed by atoms with Crippen molar-refractivity contribution in [2.75, 3.05) is 13.1 Å². The molecule has 0 atom stereocenters. The summed E-state index contributed by atoms with van der Waals surface area (Å²) in [4.78, 5) is 4.33. The lowest BCUT2D eigenvalue weighted by Gasteiger charge is -2.07. The van der Waals surface area contributed by atoms with Crippen LogP contribution in [0.2, 0.25) is 0 Å². The van der Waals surface area contributed by atoms with Crippen molar-refractivity contribution >= 4 is 11.1 Å². The largest absolute Gasteiger partial charge is 0.441 e. The van der Waals surface area contributed by atoms with Gasteiger partial charge >= 0.3 is 0 Å². The van der Waals surface area contributed by atoms with E-state index in [4.69, 9.17) is 9.68 Å². The number of rotatable bonds is 5. The maximum Gasteiger partial charge on any atom is 0.192 e. The molecule has 4 nitrogen and oxygen atoms in total. The molecule has 0 unspecified atom stereocenters. The molecule has 1 saturated carbocycles. The van der Waals surface area contributed by atoms with Crippen molar-refractivity contribution in [1.82, 2.24) is 10.3 Å². The summed E-state index contributed by atoms with van der Waals surface area (Å²) >= 11 is 0. The maximum absolute atomic E-state index is 8.98. The van der Waals surface area contributed by atoms with Gasteiger partial charge in [-0.1, -0.05) is 6.07 Å². The molecule has 1 heterocycles. The Bertz CT molecular complexity index is 634. The van der Waals surface area contributed by atoms with E-state index in [9.17, 15) is 0 Å². The number of hydrogen-bond acceptors (Lipinski definition) is 4. The Hall–Kier alpha value is -1.86. The SMILES string of the molecule is Cc1nc2cc(CCNCC3(C#N)CC3)ccc2o1. The first-order valence-electron chi connectivity index (χ1n) is 6.69. The third-order valence-electron chi connectivity index (χ3n) is 3.70. The first kappa shape index (κ1) is 12.2. The summed E-state index contributed by atoms with van der Waals surface area (Å²) in [6.45, 7) is 3.57. The lowest BCUT2D eigenvalue weighted by Crippen LogP contribution is -2.25. The van der Waals surface area contributed by atoms with Crippen molar-refractivity contribution in [3.8, 4) is 6.07 Å². The molecule has 0 spiro atoms. The number of nitrogens with one attached hydrogen (secondary N) is 1. The molecule has 1 aliphatic rings. The normalized spacial score (nSPS) is 16.4. The summed E-state index contributed by atoms with van der Waals surface area (Å²) in [5, 5.41) is 12.4. The summed E-state index contributed by atoms with van der Waals surface area (Å²) in [6.07, 6.45) is 3.03. The highest BCUT2D eigenvalue weighted by Crippen LogP contribution is 2.43. The third kappa shape index (κ3) is 2.61. The minimum Gasteiger partial charge on any atom is -0.441 e. The molecule has 0 saturated heterocycles. The van der Waals surface area contributed by atoms with Gasteiger partial charge in [0.1, 0.15) is 5.52 Å².